The van der Waals surface area contributed by atoms with Crippen molar-refractivity contribution < 1.29 is 50.4 Å². The van der Waals surface area contributed by atoms with Crippen molar-refractivity contribution in [1.82, 2.24) is 36.1 Å². The highest BCUT2D eigenvalue weighted by molar-refractivity contribution is 6.33. The van der Waals surface area contributed by atoms with Gasteiger partial charge in [0.2, 0.25) is 41.2 Å². The fourth-order valence-electron chi connectivity index (χ4n) is 10.2. The molecule has 0 spiro atoms. The van der Waals surface area contributed by atoms with Crippen LogP contribution in [-0.4, -0.2) is 53.8 Å². The molecule has 0 atom stereocenters. The molecule has 0 aliphatic carbocycles. The molecule has 0 radical (unpaired) electrons. The summed E-state index contributed by atoms with van der Waals surface area (Å²) in [6.07, 6.45) is 12.4. The van der Waals surface area contributed by atoms with Gasteiger partial charge in [0.05, 0.1) is 77.6 Å². The predicted molar refractivity (Wildman–Crippen MR) is 409 cm³/mol. The van der Waals surface area contributed by atoms with Crippen LogP contribution in [0.5, 0.6) is 0 Å². The van der Waals surface area contributed by atoms with Crippen LogP contribution in [0.15, 0.2) is 336 Å². The summed E-state index contributed by atoms with van der Waals surface area (Å²) >= 11 is 5.96. The van der Waals surface area contributed by atoms with Crippen LogP contribution in [0.1, 0.15) is 41.3 Å². The SMILES string of the molecule is CC(=O)Nc1oncc1-c1ccccc1.CCc1oncc1-c1ccccc1.Cc1oncc1-c1ccccc1F.Nc1oncc1-c1ccccc1.Nc1oncc1-c1ccccc1Cl.O=C(Cc1ccccc1)Nc1oncc1-c1ccccc1.O=C(Nc1oncc1-c1ccccc1)c1ccccc1. The fourth-order valence-corrected chi connectivity index (χ4v) is 10.4. The molecule has 107 heavy (non-hydrogen) atoms. The van der Waals surface area contributed by atoms with E-state index in [1.54, 1.807) is 80.5 Å². The van der Waals surface area contributed by atoms with E-state index in [1.807, 2.05) is 206 Å². The highest BCUT2D eigenvalue weighted by atomic mass is 35.5. The van der Waals surface area contributed by atoms with Gasteiger partial charge in [0.1, 0.15) is 17.3 Å². The zero-order valence-electron chi connectivity index (χ0n) is 57.9. The van der Waals surface area contributed by atoms with Crippen molar-refractivity contribution in [2.75, 3.05) is 27.4 Å². The first kappa shape index (κ1) is 75.3. The third-order valence-electron chi connectivity index (χ3n) is 15.4. The molecule has 7 N–H and O–H groups in total. The van der Waals surface area contributed by atoms with Crippen LogP contribution < -0.4 is 27.4 Å². The molecule has 16 rings (SSSR count). The second-order valence-electron chi connectivity index (χ2n) is 22.7. The Bertz CT molecular complexity index is 5240. The minimum Gasteiger partial charge on any atom is -0.367 e. The van der Waals surface area contributed by atoms with Crippen LogP contribution in [0, 0.1) is 12.7 Å². The minimum absolute atomic E-state index is 0.130. The van der Waals surface area contributed by atoms with E-state index in [0.29, 0.717) is 57.4 Å². The lowest BCUT2D eigenvalue weighted by Crippen LogP contribution is -2.14. The highest BCUT2D eigenvalue weighted by Crippen LogP contribution is 2.34. The second kappa shape index (κ2) is 39.2. The van der Waals surface area contributed by atoms with E-state index in [-0.39, 0.29) is 29.4 Å². The number of anilines is 5. The Balaban J connectivity index is 0.000000135. The molecule has 7 heterocycles. The normalized spacial score (nSPS) is 10.2. The van der Waals surface area contributed by atoms with Crippen molar-refractivity contribution in [2.24, 2.45) is 0 Å². The van der Waals surface area contributed by atoms with Crippen LogP contribution >= 0.6 is 11.6 Å². The molecule has 16 aromatic rings. The number of aromatic nitrogens is 7. The average Bonchev–Trinajstić information content (AvgIpc) is 1.86. The summed E-state index contributed by atoms with van der Waals surface area (Å²) in [6.45, 7) is 5.25. The summed E-state index contributed by atoms with van der Waals surface area (Å²) in [7, 11) is 0. The second-order valence-corrected chi connectivity index (χ2v) is 23.1. The molecule has 0 aliphatic rings. The number of benzene rings is 9. The van der Waals surface area contributed by atoms with E-state index in [4.69, 9.17) is 54.7 Å². The molecule has 0 unspecified atom stereocenters. The Hall–Kier alpha value is -14.3. The molecule has 0 bridgehead atoms. The van der Waals surface area contributed by atoms with Gasteiger partial charge in [-0.15, -0.1) is 0 Å². The van der Waals surface area contributed by atoms with E-state index in [0.717, 1.165) is 78.9 Å². The van der Waals surface area contributed by atoms with Crippen molar-refractivity contribution in [3.63, 3.8) is 0 Å². The van der Waals surface area contributed by atoms with Crippen molar-refractivity contribution >= 4 is 58.7 Å². The lowest BCUT2D eigenvalue weighted by molar-refractivity contribution is -0.116. The molecular formula is C83H70ClFN12O10. The van der Waals surface area contributed by atoms with Crippen LogP contribution in [-0.2, 0) is 22.4 Å². The van der Waals surface area contributed by atoms with Crippen LogP contribution in [0.25, 0.3) is 77.9 Å². The van der Waals surface area contributed by atoms with E-state index < -0.39 is 0 Å². The van der Waals surface area contributed by atoms with Gasteiger partial charge in [-0.3, -0.25) is 30.3 Å². The summed E-state index contributed by atoms with van der Waals surface area (Å²) in [6, 6.07) is 81.4. The number of rotatable bonds is 14. The van der Waals surface area contributed by atoms with Crippen LogP contribution in [0.2, 0.25) is 5.02 Å². The average molecular weight is 1450 g/mol. The highest BCUT2D eigenvalue weighted by Gasteiger charge is 2.18. The number of hydrogen-bond donors (Lipinski definition) is 5. The Labute approximate surface area is 618 Å². The first-order valence-electron chi connectivity index (χ1n) is 33.1. The number of nitrogen functional groups attached to an aromatic ring is 2. The number of carbonyl (C=O) groups is 3. The van der Waals surface area contributed by atoms with E-state index in [2.05, 4.69) is 71.1 Å². The molecule has 3 amide bonds. The number of carbonyl (C=O) groups excluding carboxylic acids is 3. The smallest absolute Gasteiger partial charge is 0.258 e. The number of nitrogens with one attached hydrogen (secondary N) is 3. The monoisotopic (exact) mass is 1450 g/mol. The molecule has 0 aliphatic heterocycles. The molecule has 0 fully saturated rings. The first-order valence-corrected chi connectivity index (χ1v) is 33.5. The Morgan fingerprint density at radius 3 is 1.17 bits per heavy atom. The summed E-state index contributed by atoms with van der Waals surface area (Å²) in [4.78, 5) is 35.1. The van der Waals surface area contributed by atoms with E-state index in [1.165, 1.54) is 24.8 Å². The summed E-state index contributed by atoms with van der Waals surface area (Å²) in [5.74, 6) is 2.55. The van der Waals surface area contributed by atoms with E-state index >= 15 is 0 Å². The Kier molecular flexibility index (Phi) is 27.6. The standard InChI is InChI=1S/C17H14N2O2.C16H12N2O2.C11H10N2O2.C11H11NO.C10H8FNO.C9H7ClN2O.C9H8N2O/c20-16(11-13-7-3-1-4-8-13)19-17-15(12-18-21-17)14-9-5-2-6-10-14;19-15(13-9-5-2-6-10-13)18-16-14(11-17-20-16)12-7-3-1-4-8-12;1-8(14)13-11-10(7-12-15-11)9-5-3-2-4-6-9;1-2-11-10(8-12-13-11)9-6-4-3-5-7-9;1-7-9(6-12-13-7)8-4-2-3-5-10(8)11;10-8-4-2-1-3-6(8)7-5-12-13-9(7)11;10-9-8(6-11-12-9)7-4-2-1-3-5-7/h1-10,12H,11H2,(H,19,20);1-11H,(H,18,19);2-7H,1H3,(H,13,14);3-8H,2H2,1H3;2-6H,1H3;1-5H,11H2;1-6H,10H2. The summed E-state index contributed by atoms with van der Waals surface area (Å²) < 4.78 is 48.0. The van der Waals surface area contributed by atoms with Gasteiger partial charge in [0, 0.05) is 46.2 Å². The van der Waals surface area contributed by atoms with Gasteiger partial charge in [-0.05, 0) is 64.6 Å². The third-order valence-corrected chi connectivity index (χ3v) is 15.7. The molecule has 7 aromatic heterocycles. The van der Waals surface area contributed by atoms with Gasteiger partial charge in [0.25, 0.3) is 5.91 Å². The minimum atomic E-state index is -0.256. The first-order chi connectivity index (χ1) is 52.3. The summed E-state index contributed by atoms with van der Waals surface area (Å²) in [5, 5.41) is 34.5. The van der Waals surface area contributed by atoms with E-state index in [9.17, 15) is 18.8 Å². The topological polar surface area (TPSA) is 322 Å². The third kappa shape index (κ3) is 21.9. The van der Waals surface area contributed by atoms with Crippen molar-refractivity contribution in [3.8, 4) is 77.9 Å². The lowest BCUT2D eigenvalue weighted by Gasteiger charge is -2.04. The van der Waals surface area contributed by atoms with Gasteiger partial charge < -0.3 is 43.1 Å². The Morgan fingerprint density at radius 2 is 0.729 bits per heavy atom. The predicted octanol–water partition coefficient (Wildman–Crippen LogP) is 19.6. The zero-order chi connectivity index (χ0) is 75.0. The van der Waals surface area contributed by atoms with Gasteiger partial charge in [-0.2, -0.15) is 0 Å². The molecular weight excluding hydrogens is 1380 g/mol. The quantitative estimate of drug-likeness (QED) is 0.0675. The van der Waals surface area contributed by atoms with Crippen molar-refractivity contribution in [1.29, 1.82) is 0 Å². The molecule has 536 valence electrons. The van der Waals surface area contributed by atoms with Crippen molar-refractivity contribution in [2.45, 2.75) is 33.6 Å². The maximum Gasteiger partial charge on any atom is 0.258 e. The van der Waals surface area contributed by atoms with Gasteiger partial charge in [-0.25, -0.2) is 4.39 Å². The number of nitrogens with zero attached hydrogens (tertiary/aromatic N) is 7. The maximum atomic E-state index is 13.3. The number of nitrogens with two attached hydrogens (primary N) is 2. The van der Waals surface area contributed by atoms with Crippen molar-refractivity contribution in [3.05, 3.63) is 338 Å². The zero-order valence-corrected chi connectivity index (χ0v) is 58.7. The summed E-state index contributed by atoms with van der Waals surface area (Å²) in [5.41, 5.74) is 24.7. The number of halogens is 2. The Morgan fingerprint density at radius 1 is 0.374 bits per heavy atom. The van der Waals surface area contributed by atoms with Gasteiger partial charge >= 0.3 is 0 Å². The molecule has 24 heteroatoms. The maximum absolute atomic E-state index is 13.3. The molecule has 22 nitrogen and oxygen atoms in total. The van der Waals surface area contributed by atoms with Crippen LogP contribution in [0.4, 0.5) is 33.8 Å². The lowest BCUT2D eigenvalue weighted by atomic mass is 10.1. The van der Waals surface area contributed by atoms with Gasteiger partial charge in [0.15, 0.2) is 0 Å². The fraction of sp³-hybridized carbons (Fsp3) is 0.0602. The number of aryl methyl sites for hydroxylation is 2. The largest absolute Gasteiger partial charge is 0.367 e. The molecule has 0 saturated heterocycles. The number of hydrogen-bond acceptors (Lipinski definition) is 19. The number of amides is 3. The van der Waals surface area contributed by atoms with Gasteiger partial charge in [-0.1, -0.05) is 291 Å². The molecule has 0 saturated carbocycles. The van der Waals surface area contributed by atoms with Crippen LogP contribution in [0.3, 0.4) is 0 Å². The molecule has 9 aromatic carbocycles.